The molecule has 1 saturated heterocycles. The number of carbonyl (C=O) groups excluding carboxylic acids is 1. The predicted octanol–water partition coefficient (Wildman–Crippen LogP) is 3.31. The lowest BCUT2D eigenvalue weighted by atomic mass is 10.1. The fraction of sp³-hybridized carbons (Fsp3) is 0.167. The van der Waals surface area contributed by atoms with Gasteiger partial charge in [0.15, 0.2) is 10.9 Å². The molecule has 1 N–H and O–H groups in total. The van der Waals surface area contributed by atoms with E-state index >= 15 is 0 Å². The van der Waals surface area contributed by atoms with E-state index in [1.165, 1.54) is 30.1 Å². The molecule has 1 amide bonds. The highest BCUT2D eigenvalue weighted by molar-refractivity contribution is 14.1. The monoisotopic (exact) mass is 529 g/mol. The molecule has 1 aliphatic heterocycles. The van der Waals surface area contributed by atoms with E-state index in [-0.39, 0.29) is 21.8 Å². The third-order valence-corrected chi connectivity index (χ3v) is 6.64. The first-order valence-electron chi connectivity index (χ1n) is 8.14. The molecule has 28 heavy (non-hydrogen) atoms. The van der Waals surface area contributed by atoms with Crippen LogP contribution < -0.4 is 9.50 Å². The maximum atomic E-state index is 12.6. The number of hydrogen-bond acceptors (Lipinski definition) is 7. The van der Waals surface area contributed by atoms with Crippen LogP contribution in [0.1, 0.15) is 18.1 Å². The molecule has 0 saturated carbocycles. The Morgan fingerprint density at radius 2 is 1.93 bits per heavy atom. The highest BCUT2D eigenvalue weighted by atomic mass is 127. The van der Waals surface area contributed by atoms with Gasteiger partial charge in [-0.2, -0.15) is 13.5 Å². The van der Waals surface area contributed by atoms with Gasteiger partial charge < -0.3 is 9.50 Å². The van der Waals surface area contributed by atoms with Gasteiger partial charge in [-0.25, -0.2) is 0 Å². The van der Waals surface area contributed by atoms with Crippen LogP contribution in [-0.4, -0.2) is 31.0 Å². The van der Waals surface area contributed by atoms with Crippen molar-refractivity contribution in [2.24, 2.45) is 10.2 Å². The van der Waals surface area contributed by atoms with E-state index in [0.717, 1.165) is 9.13 Å². The molecular weight excluding hydrogens is 513 g/mol. The minimum absolute atomic E-state index is 0.0654. The summed E-state index contributed by atoms with van der Waals surface area (Å²) in [5.74, 6) is 0.0201. The minimum Gasteiger partial charge on any atom is -0.378 e. The van der Waals surface area contributed by atoms with Gasteiger partial charge in [0.05, 0.1) is 11.5 Å². The Hall–Kier alpha value is -1.92. The van der Waals surface area contributed by atoms with Crippen LogP contribution in [-0.2, 0) is 14.9 Å². The van der Waals surface area contributed by atoms with Crippen LogP contribution in [0.5, 0.6) is 5.75 Å². The van der Waals surface area contributed by atoms with Crippen LogP contribution in [0.4, 0.5) is 0 Å². The molecule has 7 nitrogen and oxygen atoms in total. The highest BCUT2D eigenvalue weighted by Gasteiger charge is 2.25. The normalized spacial score (nSPS) is 18.6. The molecule has 0 spiro atoms. The molecule has 0 aromatic heterocycles. The minimum atomic E-state index is -3.98. The van der Waals surface area contributed by atoms with Gasteiger partial charge >= 0.3 is 10.1 Å². The Bertz CT molecular complexity index is 1070. The first kappa shape index (κ1) is 20.8. The molecule has 3 rings (SSSR count). The van der Waals surface area contributed by atoms with Crippen molar-refractivity contribution >= 4 is 61.8 Å². The van der Waals surface area contributed by atoms with Crippen LogP contribution in [0.25, 0.3) is 0 Å². The van der Waals surface area contributed by atoms with Crippen LogP contribution in [0.15, 0.2) is 57.6 Å². The Morgan fingerprint density at radius 1 is 1.21 bits per heavy atom. The molecule has 0 aliphatic carbocycles. The Balaban J connectivity index is 1.85. The average molecular weight is 529 g/mol. The molecule has 1 heterocycles. The van der Waals surface area contributed by atoms with E-state index in [1.807, 2.05) is 6.92 Å². The van der Waals surface area contributed by atoms with Gasteiger partial charge in [0.25, 0.3) is 0 Å². The van der Waals surface area contributed by atoms with Crippen molar-refractivity contribution in [3.8, 4) is 5.75 Å². The number of nitrogens with one attached hydrogen (secondary N) is 1. The lowest BCUT2D eigenvalue weighted by molar-refractivity contribution is -0.118. The molecule has 0 unspecified atom stereocenters. The molecule has 10 heteroatoms. The molecule has 146 valence electrons. The topological polar surface area (TPSA) is 97.2 Å². The molecular formula is C18H16IN3O4S2. The summed E-state index contributed by atoms with van der Waals surface area (Å²) in [6, 6.07) is 11.4. The van der Waals surface area contributed by atoms with E-state index in [9.17, 15) is 13.2 Å². The quantitative estimate of drug-likeness (QED) is 0.278. The lowest BCUT2D eigenvalue weighted by Gasteiger charge is -2.10. The molecule has 1 fully saturated rings. The molecule has 1 aliphatic rings. The molecule has 2 aromatic rings. The fourth-order valence-corrected chi connectivity index (χ4v) is 4.33. The third kappa shape index (κ3) is 5.11. The summed E-state index contributed by atoms with van der Waals surface area (Å²) in [4.78, 5) is 11.5. The summed E-state index contributed by atoms with van der Waals surface area (Å²) in [7, 11) is -3.98. The summed E-state index contributed by atoms with van der Waals surface area (Å²) >= 11 is 3.37. The maximum Gasteiger partial charge on any atom is 0.339 e. The number of carbonyl (C=O) groups is 1. The van der Waals surface area contributed by atoms with Crippen molar-refractivity contribution in [3.05, 3.63) is 57.2 Å². The van der Waals surface area contributed by atoms with Crippen LogP contribution in [0.3, 0.4) is 0 Å². The Kier molecular flexibility index (Phi) is 6.40. The first-order valence-corrected chi connectivity index (χ1v) is 11.5. The van der Waals surface area contributed by atoms with Crippen molar-refractivity contribution in [1.29, 1.82) is 0 Å². The number of amides is 1. The van der Waals surface area contributed by atoms with Crippen molar-refractivity contribution in [2.45, 2.75) is 24.0 Å². The van der Waals surface area contributed by atoms with Gasteiger partial charge in [-0.15, -0.1) is 5.10 Å². The van der Waals surface area contributed by atoms with Gasteiger partial charge in [-0.05, 0) is 72.8 Å². The van der Waals surface area contributed by atoms with Crippen molar-refractivity contribution in [1.82, 2.24) is 5.32 Å². The molecule has 0 bridgehead atoms. The van der Waals surface area contributed by atoms with Gasteiger partial charge in [0.1, 0.15) is 4.90 Å². The maximum absolute atomic E-state index is 12.6. The Morgan fingerprint density at radius 3 is 2.57 bits per heavy atom. The number of hydrogen-bond donors (Lipinski definition) is 1. The fourth-order valence-electron chi connectivity index (χ4n) is 2.26. The van der Waals surface area contributed by atoms with Gasteiger partial charge in [0, 0.05) is 9.13 Å². The van der Waals surface area contributed by atoms with Crippen molar-refractivity contribution < 1.29 is 17.4 Å². The van der Waals surface area contributed by atoms with E-state index in [1.54, 1.807) is 37.3 Å². The Labute approximate surface area is 180 Å². The zero-order valence-electron chi connectivity index (χ0n) is 14.9. The second-order valence-corrected chi connectivity index (χ2v) is 10.1. The van der Waals surface area contributed by atoms with E-state index < -0.39 is 10.1 Å². The number of thioether (sulfide) groups is 1. The van der Waals surface area contributed by atoms with Crippen LogP contribution in [0, 0.1) is 10.5 Å². The summed E-state index contributed by atoms with van der Waals surface area (Å²) in [5, 5.41) is 10.7. The number of halogens is 1. The third-order valence-electron chi connectivity index (χ3n) is 3.70. The average Bonchev–Trinajstić information content (AvgIpc) is 2.95. The second kappa shape index (κ2) is 8.62. The van der Waals surface area contributed by atoms with E-state index in [4.69, 9.17) is 4.18 Å². The SMILES string of the molecule is Cc1ccc(OS(=O)(=O)c2ccc(I)cc2)c(/C=N\N=C2\NC(=O)[C@@H](C)S2)c1. The molecule has 0 radical (unpaired) electrons. The number of aryl methyl sites for hydroxylation is 1. The van der Waals surface area contributed by atoms with Gasteiger partial charge in [-0.1, -0.05) is 23.4 Å². The number of rotatable bonds is 5. The zero-order chi connectivity index (χ0) is 20.3. The zero-order valence-corrected chi connectivity index (χ0v) is 18.7. The number of benzene rings is 2. The lowest BCUT2D eigenvalue weighted by Crippen LogP contribution is -2.23. The summed E-state index contributed by atoms with van der Waals surface area (Å²) < 4.78 is 31.4. The summed E-state index contributed by atoms with van der Waals surface area (Å²) in [6.45, 7) is 3.64. The molecule has 2 aromatic carbocycles. The van der Waals surface area contributed by atoms with E-state index in [0.29, 0.717) is 10.7 Å². The summed E-state index contributed by atoms with van der Waals surface area (Å²) in [5.41, 5.74) is 1.37. The number of nitrogens with zero attached hydrogens (tertiary/aromatic N) is 2. The molecule has 1 atom stereocenters. The van der Waals surface area contributed by atoms with Crippen molar-refractivity contribution in [3.63, 3.8) is 0 Å². The van der Waals surface area contributed by atoms with Gasteiger partial charge in [-0.3, -0.25) is 4.79 Å². The largest absolute Gasteiger partial charge is 0.378 e. The second-order valence-electron chi connectivity index (χ2n) is 5.93. The first-order chi connectivity index (χ1) is 13.2. The van der Waals surface area contributed by atoms with Crippen LogP contribution >= 0.6 is 34.4 Å². The number of amidine groups is 1. The summed E-state index contributed by atoms with van der Waals surface area (Å²) in [6.07, 6.45) is 1.40. The van der Waals surface area contributed by atoms with E-state index in [2.05, 4.69) is 38.1 Å². The smallest absolute Gasteiger partial charge is 0.339 e. The van der Waals surface area contributed by atoms with Gasteiger partial charge in [0.2, 0.25) is 5.91 Å². The highest BCUT2D eigenvalue weighted by Crippen LogP contribution is 2.24. The standard InChI is InChI=1S/C18H16IN3O4S2/c1-11-3-8-16(26-28(24,25)15-6-4-14(19)5-7-15)13(9-11)10-20-22-18-21-17(23)12(2)27-18/h3-10,12H,1-2H3,(H,21,22,23)/b20-10-/t12-/m1/s1. The van der Waals surface area contributed by atoms with Crippen molar-refractivity contribution in [2.75, 3.05) is 0 Å². The van der Waals surface area contributed by atoms with Crippen LogP contribution in [0.2, 0.25) is 0 Å². The predicted molar refractivity (Wildman–Crippen MR) is 118 cm³/mol.